The van der Waals surface area contributed by atoms with E-state index in [1.54, 1.807) is 0 Å². The van der Waals surface area contributed by atoms with Gasteiger partial charge in [-0.1, -0.05) is 0 Å². The lowest BCUT2D eigenvalue weighted by molar-refractivity contribution is 0.0518. The molecule has 2 aliphatic rings. The minimum Gasteiger partial charge on any atom is -0.444 e. The van der Waals surface area contributed by atoms with E-state index in [2.05, 4.69) is 9.88 Å². The normalized spacial score (nSPS) is 20.8. The molecule has 4 rings (SSSR count). The van der Waals surface area contributed by atoms with Gasteiger partial charge in [0, 0.05) is 11.5 Å². The first-order valence-electron chi connectivity index (χ1n) is 8.90. The highest BCUT2D eigenvalue weighted by Gasteiger charge is 2.30. The van der Waals surface area contributed by atoms with Gasteiger partial charge < -0.3 is 9.52 Å². The van der Waals surface area contributed by atoms with Gasteiger partial charge in [0.05, 0.1) is 18.8 Å². The van der Waals surface area contributed by atoms with Crippen LogP contribution in [-0.4, -0.2) is 28.1 Å². The standard InChI is InChI=1S/C19H22F2N2O2/c20-14-3-4-16(21)15(9-14)19(24)13-5-7-23(8-6-13)11-18-22-10-17(25-18)12-1-2-12/h3-4,9-10,12-13,19,24H,1-2,5-8,11H2. The minimum absolute atomic E-state index is 0.0558. The molecule has 1 aliphatic carbocycles. The van der Waals surface area contributed by atoms with Crippen molar-refractivity contribution in [1.82, 2.24) is 9.88 Å². The van der Waals surface area contributed by atoms with Crippen molar-refractivity contribution in [3.05, 3.63) is 53.2 Å². The lowest BCUT2D eigenvalue weighted by Crippen LogP contribution is -2.35. The third-order valence-corrected chi connectivity index (χ3v) is 5.27. The van der Waals surface area contributed by atoms with Crippen molar-refractivity contribution >= 4 is 0 Å². The van der Waals surface area contributed by atoms with Crippen LogP contribution in [0.3, 0.4) is 0 Å². The maximum absolute atomic E-state index is 13.9. The van der Waals surface area contributed by atoms with E-state index in [0.717, 1.165) is 55.8 Å². The summed E-state index contributed by atoms with van der Waals surface area (Å²) in [5.41, 5.74) is 0.0558. The summed E-state index contributed by atoms with van der Waals surface area (Å²) < 4.78 is 33.0. The fraction of sp³-hybridized carbons (Fsp3) is 0.526. The summed E-state index contributed by atoms with van der Waals surface area (Å²) in [4.78, 5) is 6.58. The van der Waals surface area contributed by atoms with Gasteiger partial charge in [-0.3, -0.25) is 4.90 Å². The van der Waals surface area contributed by atoms with Gasteiger partial charge in [-0.2, -0.15) is 0 Å². The van der Waals surface area contributed by atoms with Crippen LogP contribution in [0, 0.1) is 17.6 Å². The lowest BCUT2D eigenvalue weighted by Gasteiger charge is -2.33. The molecule has 1 saturated heterocycles. The molecule has 6 heteroatoms. The van der Waals surface area contributed by atoms with E-state index in [-0.39, 0.29) is 11.5 Å². The summed E-state index contributed by atoms with van der Waals surface area (Å²) in [5.74, 6) is 1.13. The van der Waals surface area contributed by atoms with E-state index in [1.807, 2.05) is 6.20 Å². The highest BCUT2D eigenvalue weighted by atomic mass is 19.1. The smallest absolute Gasteiger partial charge is 0.208 e. The number of hydrogen-bond acceptors (Lipinski definition) is 4. The summed E-state index contributed by atoms with van der Waals surface area (Å²) >= 11 is 0. The van der Waals surface area contributed by atoms with Crippen LogP contribution in [0.25, 0.3) is 0 Å². The minimum atomic E-state index is -0.971. The Bertz CT molecular complexity index is 737. The van der Waals surface area contributed by atoms with Gasteiger partial charge in [0.25, 0.3) is 0 Å². The van der Waals surface area contributed by atoms with Gasteiger partial charge in [0.15, 0.2) is 0 Å². The number of piperidine rings is 1. The summed E-state index contributed by atoms with van der Waals surface area (Å²) in [7, 11) is 0. The number of oxazole rings is 1. The largest absolute Gasteiger partial charge is 0.444 e. The molecule has 25 heavy (non-hydrogen) atoms. The average Bonchev–Trinajstić information content (AvgIpc) is 3.37. The van der Waals surface area contributed by atoms with Gasteiger partial charge in [-0.15, -0.1) is 0 Å². The Morgan fingerprint density at radius 3 is 2.68 bits per heavy atom. The molecular formula is C19H22F2N2O2. The van der Waals surface area contributed by atoms with Crippen LogP contribution in [0.5, 0.6) is 0 Å². The molecule has 2 fully saturated rings. The molecule has 1 N–H and O–H groups in total. The monoisotopic (exact) mass is 348 g/mol. The van der Waals surface area contributed by atoms with E-state index in [0.29, 0.717) is 12.5 Å². The van der Waals surface area contributed by atoms with Gasteiger partial charge in [-0.25, -0.2) is 13.8 Å². The zero-order valence-corrected chi connectivity index (χ0v) is 14.0. The highest BCUT2D eigenvalue weighted by Crippen LogP contribution is 2.40. The maximum Gasteiger partial charge on any atom is 0.208 e. The van der Waals surface area contributed by atoms with Crippen molar-refractivity contribution in [3.63, 3.8) is 0 Å². The Balaban J connectivity index is 1.33. The quantitative estimate of drug-likeness (QED) is 0.893. The van der Waals surface area contributed by atoms with Crippen molar-refractivity contribution in [2.45, 2.75) is 44.2 Å². The molecule has 1 saturated carbocycles. The number of aliphatic hydroxyl groups excluding tert-OH is 1. The fourth-order valence-corrected chi connectivity index (χ4v) is 3.57. The van der Waals surface area contributed by atoms with Crippen LogP contribution in [0.4, 0.5) is 8.78 Å². The molecule has 1 aliphatic heterocycles. The van der Waals surface area contributed by atoms with Crippen LogP contribution < -0.4 is 0 Å². The second kappa shape index (κ2) is 6.84. The number of aromatic nitrogens is 1. The first kappa shape index (κ1) is 16.7. The van der Waals surface area contributed by atoms with Crippen LogP contribution in [0.2, 0.25) is 0 Å². The highest BCUT2D eigenvalue weighted by molar-refractivity contribution is 5.21. The van der Waals surface area contributed by atoms with Gasteiger partial charge in [0.2, 0.25) is 5.89 Å². The first-order chi connectivity index (χ1) is 12.1. The predicted molar refractivity (Wildman–Crippen MR) is 87.8 cm³/mol. The van der Waals surface area contributed by atoms with Crippen molar-refractivity contribution in [1.29, 1.82) is 0 Å². The second-order valence-electron chi connectivity index (χ2n) is 7.15. The van der Waals surface area contributed by atoms with Crippen molar-refractivity contribution in [3.8, 4) is 0 Å². The van der Waals surface area contributed by atoms with E-state index >= 15 is 0 Å². The number of rotatable bonds is 5. The zero-order chi connectivity index (χ0) is 17.4. The molecule has 0 spiro atoms. The van der Waals surface area contributed by atoms with Gasteiger partial charge >= 0.3 is 0 Å². The molecule has 0 amide bonds. The molecule has 0 bridgehead atoms. The number of hydrogen-bond donors (Lipinski definition) is 1. The molecule has 134 valence electrons. The summed E-state index contributed by atoms with van der Waals surface area (Å²) in [6, 6.07) is 3.24. The van der Waals surface area contributed by atoms with Gasteiger partial charge in [-0.05, 0) is 62.9 Å². The van der Waals surface area contributed by atoms with E-state index in [9.17, 15) is 13.9 Å². The number of benzene rings is 1. The Morgan fingerprint density at radius 2 is 1.96 bits per heavy atom. The second-order valence-corrected chi connectivity index (χ2v) is 7.15. The molecular weight excluding hydrogens is 326 g/mol. The Labute approximate surface area is 145 Å². The zero-order valence-electron chi connectivity index (χ0n) is 14.0. The van der Waals surface area contributed by atoms with E-state index < -0.39 is 17.7 Å². The number of likely N-dealkylation sites (tertiary alicyclic amines) is 1. The number of halogens is 2. The fourth-order valence-electron chi connectivity index (χ4n) is 3.57. The number of aliphatic hydroxyl groups is 1. The Kier molecular flexibility index (Phi) is 4.56. The lowest BCUT2D eigenvalue weighted by atomic mass is 9.87. The third-order valence-electron chi connectivity index (χ3n) is 5.27. The Hall–Kier alpha value is -1.79. The maximum atomic E-state index is 13.9. The summed E-state index contributed by atoms with van der Waals surface area (Å²) in [6.07, 6.45) is 4.70. The van der Waals surface area contributed by atoms with Crippen LogP contribution in [0.15, 0.2) is 28.8 Å². The van der Waals surface area contributed by atoms with E-state index in [4.69, 9.17) is 4.42 Å². The summed E-state index contributed by atoms with van der Waals surface area (Å²) in [5, 5.41) is 10.4. The predicted octanol–water partition coefficient (Wildman–Crippen LogP) is 3.78. The van der Waals surface area contributed by atoms with Crippen LogP contribution >= 0.6 is 0 Å². The first-order valence-corrected chi connectivity index (χ1v) is 8.90. The van der Waals surface area contributed by atoms with E-state index in [1.165, 1.54) is 12.8 Å². The van der Waals surface area contributed by atoms with Crippen molar-refractivity contribution < 1.29 is 18.3 Å². The average molecular weight is 348 g/mol. The van der Waals surface area contributed by atoms with Gasteiger partial charge in [0.1, 0.15) is 17.4 Å². The molecule has 4 nitrogen and oxygen atoms in total. The SMILES string of the molecule is OC(c1cc(F)ccc1F)C1CCN(Cc2ncc(C3CC3)o2)CC1. The molecule has 2 aromatic rings. The molecule has 0 radical (unpaired) electrons. The van der Waals surface area contributed by atoms with Crippen molar-refractivity contribution in [2.75, 3.05) is 13.1 Å². The number of nitrogens with zero attached hydrogens (tertiary/aromatic N) is 2. The topological polar surface area (TPSA) is 49.5 Å². The van der Waals surface area contributed by atoms with Crippen LogP contribution in [0.1, 0.15) is 54.9 Å². The van der Waals surface area contributed by atoms with Crippen LogP contribution in [-0.2, 0) is 6.54 Å². The molecule has 1 unspecified atom stereocenters. The molecule has 1 aromatic carbocycles. The Morgan fingerprint density at radius 1 is 1.20 bits per heavy atom. The molecule has 1 aromatic heterocycles. The molecule has 2 heterocycles. The third kappa shape index (κ3) is 3.75. The molecule has 1 atom stereocenters. The van der Waals surface area contributed by atoms with Crippen molar-refractivity contribution in [2.24, 2.45) is 5.92 Å². The summed E-state index contributed by atoms with van der Waals surface area (Å²) in [6.45, 7) is 2.21.